The second-order valence-electron chi connectivity index (χ2n) is 16.1. The van der Waals surface area contributed by atoms with Gasteiger partial charge in [0, 0.05) is 38.0 Å². The summed E-state index contributed by atoms with van der Waals surface area (Å²) < 4.78 is 4.91. The molecule has 2 aromatic heterocycles. The van der Waals surface area contributed by atoms with Crippen LogP contribution in [-0.2, 0) is 5.41 Å². The van der Waals surface area contributed by atoms with Crippen LogP contribution in [0.5, 0.6) is 0 Å². The van der Waals surface area contributed by atoms with Crippen LogP contribution in [-0.4, -0.2) is 9.13 Å². The molecule has 0 aliphatic heterocycles. The summed E-state index contributed by atoms with van der Waals surface area (Å²) in [5, 5.41) is 7.57. The highest BCUT2D eigenvalue weighted by Crippen LogP contribution is 2.51. The molecule has 2 heteroatoms. The number of nitrogens with zero attached hydrogens (tertiary/aromatic N) is 2. The van der Waals surface area contributed by atoms with Crippen LogP contribution in [0.3, 0.4) is 0 Å². The number of hydrogen-bond donors (Lipinski definition) is 0. The zero-order valence-electron chi connectivity index (χ0n) is 31.9. The van der Waals surface area contributed by atoms with Crippen molar-refractivity contribution in [2.75, 3.05) is 0 Å². The average molecular weight is 727 g/mol. The van der Waals surface area contributed by atoms with Crippen molar-refractivity contribution in [1.82, 2.24) is 9.13 Å². The van der Waals surface area contributed by atoms with E-state index in [1.807, 2.05) is 0 Å². The predicted molar refractivity (Wildman–Crippen MR) is 241 cm³/mol. The van der Waals surface area contributed by atoms with Crippen molar-refractivity contribution in [1.29, 1.82) is 0 Å². The van der Waals surface area contributed by atoms with Gasteiger partial charge in [-0.1, -0.05) is 147 Å². The summed E-state index contributed by atoms with van der Waals surface area (Å²) in [6, 6.07) is 71.9. The van der Waals surface area contributed by atoms with Crippen LogP contribution >= 0.6 is 0 Å². The molecule has 9 aromatic carbocycles. The molecule has 0 saturated heterocycles. The fourth-order valence-corrected chi connectivity index (χ4v) is 9.92. The van der Waals surface area contributed by atoms with E-state index < -0.39 is 0 Å². The smallest absolute Gasteiger partial charge is 0.0547 e. The Balaban J connectivity index is 1.07. The maximum atomic E-state index is 2.49. The van der Waals surface area contributed by atoms with Gasteiger partial charge in [-0.25, -0.2) is 0 Å². The van der Waals surface area contributed by atoms with Crippen molar-refractivity contribution in [3.8, 4) is 44.8 Å². The Morgan fingerprint density at radius 1 is 0.333 bits per heavy atom. The lowest BCUT2D eigenvalue weighted by molar-refractivity contribution is 0.661. The first-order valence-corrected chi connectivity index (χ1v) is 19.9. The molecule has 0 atom stereocenters. The van der Waals surface area contributed by atoms with Crippen LogP contribution < -0.4 is 0 Å². The van der Waals surface area contributed by atoms with Gasteiger partial charge < -0.3 is 9.13 Å². The van der Waals surface area contributed by atoms with E-state index in [0.29, 0.717) is 0 Å². The van der Waals surface area contributed by atoms with Gasteiger partial charge in [-0.2, -0.15) is 0 Å². The lowest BCUT2D eigenvalue weighted by Crippen LogP contribution is -2.14. The molecule has 57 heavy (non-hydrogen) atoms. The zero-order chi connectivity index (χ0) is 37.8. The van der Waals surface area contributed by atoms with Crippen molar-refractivity contribution in [3.63, 3.8) is 0 Å². The van der Waals surface area contributed by atoms with Crippen LogP contribution in [0.2, 0.25) is 0 Å². The van der Waals surface area contributed by atoms with Gasteiger partial charge in [-0.05, 0) is 111 Å². The van der Waals surface area contributed by atoms with Gasteiger partial charge in [0.15, 0.2) is 0 Å². The van der Waals surface area contributed by atoms with Gasteiger partial charge in [0.2, 0.25) is 0 Å². The third-order valence-electron chi connectivity index (χ3n) is 12.7. The summed E-state index contributed by atoms with van der Waals surface area (Å²) in [6.07, 6.45) is 0. The Hall–Kier alpha value is -7.16. The fourth-order valence-electron chi connectivity index (χ4n) is 9.92. The minimum atomic E-state index is -0.0905. The third kappa shape index (κ3) is 4.65. The van der Waals surface area contributed by atoms with E-state index in [2.05, 4.69) is 217 Å². The Kier molecular flexibility index (Phi) is 6.72. The molecule has 0 unspecified atom stereocenters. The van der Waals surface area contributed by atoms with Crippen molar-refractivity contribution in [2.24, 2.45) is 0 Å². The van der Waals surface area contributed by atoms with Crippen molar-refractivity contribution >= 4 is 54.4 Å². The second-order valence-corrected chi connectivity index (χ2v) is 16.1. The van der Waals surface area contributed by atoms with Crippen LogP contribution in [0.15, 0.2) is 194 Å². The van der Waals surface area contributed by atoms with Crippen LogP contribution in [0.25, 0.3) is 99.1 Å². The summed E-state index contributed by atoms with van der Waals surface area (Å²) in [5.74, 6) is 0. The molecule has 268 valence electrons. The van der Waals surface area contributed by atoms with E-state index >= 15 is 0 Å². The van der Waals surface area contributed by atoms with Gasteiger partial charge in [-0.15, -0.1) is 0 Å². The SMILES string of the molecule is CC1(C)c2ccccc2-c2cc3c(cc21)c1cc(-c2ccc4c(c2)c2ccccc2n4-c2cccc4ccccc24)ccc1n3-c1ccc(-c2ccccc2)cc1. The summed E-state index contributed by atoms with van der Waals surface area (Å²) in [6.45, 7) is 4.75. The first kappa shape index (κ1) is 32.1. The average Bonchev–Trinajstić information content (AvgIpc) is 3.85. The standard InChI is InChI=1S/C55H38N2/c1-55(2)48-20-10-8-18-42(48)44-34-54-47(33-49(44)55)46-32-39(25-29-52(46)56(54)40-27-23-36(24-28-40)35-13-4-3-5-14-35)38-26-30-53-45(31-38)43-19-9-11-21-51(43)57(53)50-22-12-16-37-15-6-7-17-41(37)50/h3-34H,1-2H3. The predicted octanol–water partition coefficient (Wildman–Crippen LogP) is 14.7. The van der Waals surface area contributed by atoms with Crippen LogP contribution in [0.4, 0.5) is 0 Å². The number of para-hydroxylation sites is 1. The highest BCUT2D eigenvalue weighted by atomic mass is 15.0. The minimum Gasteiger partial charge on any atom is -0.309 e. The fraction of sp³-hybridized carbons (Fsp3) is 0.0545. The first-order valence-electron chi connectivity index (χ1n) is 19.9. The van der Waals surface area contributed by atoms with Crippen molar-refractivity contribution in [3.05, 3.63) is 205 Å². The van der Waals surface area contributed by atoms with Crippen LogP contribution in [0.1, 0.15) is 25.0 Å². The third-order valence-corrected chi connectivity index (χ3v) is 12.7. The van der Waals surface area contributed by atoms with E-state index in [9.17, 15) is 0 Å². The number of fused-ring (bicyclic) bond motifs is 10. The molecule has 1 aliphatic rings. The molecule has 11 aromatic rings. The van der Waals surface area contributed by atoms with E-state index in [4.69, 9.17) is 0 Å². The Bertz CT molecular complexity index is 3410. The second kappa shape index (κ2) is 11.9. The molecule has 0 saturated carbocycles. The van der Waals surface area contributed by atoms with Gasteiger partial charge >= 0.3 is 0 Å². The summed E-state index contributed by atoms with van der Waals surface area (Å²) in [4.78, 5) is 0. The molecule has 0 spiro atoms. The van der Waals surface area contributed by atoms with Crippen molar-refractivity contribution in [2.45, 2.75) is 19.3 Å². The lowest BCUT2D eigenvalue weighted by Gasteiger charge is -2.21. The van der Waals surface area contributed by atoms with E-state index in [1.165, 1.54) is 105 Å². The van der Waals surface area contributed by atoms with Gasteiger partial charge in [-0.3, -0.25) is 0 Å². The highest BCUT2D eigenvalue weighted by Gasteiger charge is 2.36. The van der Waals surface area contributed by atoms with E-state index in [1.54, 1.807) is 0 Å². The molecule has 0 N–H and O–H groups in total. The quantitative estimate of drug-likeness (QED) is 0.171. The number of rotatable bonds is 4. The topological polar surface area (TPSA) is 9.86 Å². The Morgan fingerprint density at radius 2 is 0.912 bits per heavy atom. The molecule has 12 rings (SSSR count). The highest BCUT2D eigenvalue weighted by molar-refractivity contribution is 6.14. The van der Waals surface area contributed by atoms with E-state index in [0.717, 1.165) is 5.69 Å². The molecular formula is C55H38N2. The minimum absolute atomic E-state index is 0.0905. The van der Waals surface area contributed by atoms with Gasteiger partial charge in [0.25, 0.3) is 0 Å². The summed E-state index contributed by atoms with van der Waals surface area (Å²) in [5.41, 5.74) is 17.5. The molecule has 2 nitrogen and oxygen atoms in total. The maximum absolute atomic E-state index is 2.49. The first-order chi connectivity index (χ1) is 28.0. The summed E-state index contributed by atoms with van der Waals surface area (Å²) >= 11 is 0. The Labute approximate surface area is 331 Å². The van der Waals surface area contributed by atoms with Gasteiger partial charge in [0.05, 0.1) is 27.8 Å². The summed E-state index contributed by atoms with van der Waals surface area (Å²) in [7, 11) is 0. The molecule has 0 bridgehead atoms. The van der Waals surface area contributed by atoms with Crippen molar-refractivity contribution < 1.29 is 0 Å². The van der Waals surface area contributed by atoms with E-state index in [-0.39, 0.29) is 5.41 Å². The maximum Gasteiger partial charge on any atom is 0.0547 e. The largest absolute Gasteiger partial charge is 0.309 e. The number of hydrogen-bond acceptors (Lipinski definition) is 0. The molecule has 0 fully saturated rings. The molecule has 0 radical (unpaired) electrons. The molecule has 0 amide bonds. The zero-order valence-corrected chi connectivity index (χ0v) is 31.9. The number of aromatic nitrogens is 2. The molecule has 2 heterocycles. The van der Waals surface area contributed by atoms with Crippen LogP contribution in [0, 0.1) is 0 Å². The number of benzene rings is 9. The van der Waals surface area contributed by atoms with Gasteiger partial charge in [0.1, 0.15) is 0 Å². The molecule has 1 aliphatic carbocycles. The Morgan fingerprint density at radius 3 is 1.72 bits per heavy atom. The lowest BCUT2D eigenvalue weighted by atomic mass is 9.82. The molecular weight excluding hydrogens is 689 g/mol. The monoisotopic (exact) mass is 726 g/mol. The normalized spacial score (nSPS) is 13.2.